The number of rotatable bonds is 7. The normalized spacial score (nSPS) is 12.6. The van der Waals surface area contributed by atoms with E-state index in [0.29, 0.717) is 22.6 Å². The van der Waals surface area contributed by atoms with Gasteiger partial charge >= 0.3 is 0 Å². The fourth-order valence-electron chi connectivity index (χ4n) is 2.52. The zero-order valence-corrected chi connectivity index (χ0v) is 16.1. The number of aromatic nitrogens is 1. The summed E-state index contributed by atoms with van der Waals surface area (Å²) in [6.45, 7) is 5.63. The average Bonchev–Trinajstić information content (AvgIpc) is 2.68. The van der Waals surface area contributed by atoms with Crippen LogP contribution in [0.15, 0.2) is 96.8 Å². The molecule has 3 nitrogen and oxygen atoms in total. The van der Waals surface area contributed by atoms with Crippen LogP contribution < -0.4 is 0 Å². The van der Waals surface area contributed by atoms with E-state index in [1.807, 2.05) is 73.7 Å². The van der Waals surface area contributed by atoms with Crippen LogP contribution in [-0.2, 0) is 0 Å². The summed E-state index contributed by atoms with van der Waals surface area (Å²) in [7, 11) is 0. The van der Waals surface area contributed by atoms with Crippen molar-refractivity contribution in [1.82, 2.24) is 4.98 Å². The standard InChI is InChI=1S/C22H20BrN3/c1-3-5-11-16(4-2)19(21(24)17-12-7-6-8-13-17)20(22(23)25)18-14-9-10-15-26-18/h3-15,24-25H,1H2,2H3/b11-5-,16-4+,20-19-,24-21?,25-22?. The Morgan fingerprint density at radius 2 is 1.77 bits per heavy atom. The summed E-state index contributed by atoms with van der Waals surface area (Å²) >= 11 is 3.30. The van der Waals surface area contributed by atoms with Gasteiger partial charge in [0, 0.05) is 22.9 Å². The summed E-state index contributed by atoms with van der Waals surface area (Å²) in [5.74, 6) is 0. The largest absolute Gasteiger partial charge is 0.300 e. The van der Waals surface area contributed by atoms with Crippen molar-refractivity contribution >= 4 is 31.8 Å². The lowest BCUT2D eigenvalue weighted by atomic mass is 9.89. The molecule has 0 aliphatic carbocycles. The van der Waals surface area contributed by atoms with Crippen molar-refractivity contribution in [3.8, 4) is 0 Å². The third kappa shape index (κ3) is 4.61. The Morgan fingerprint density at radius 3 is 2.31 bits per heavy atom. The zero-order chi connectivity index (χ0) is 18.9. The van der Waals surface area contributed by atoms with Crippen LogP contribution >= 0.6 is 15.9 Å². The van der Waals surface area contributed by atoms with Crippen LogP contribution in [0.2, 0.25) is 0 Å². The molecule has 0 amide bonds. The van der Waals surface area contributed by atoms with Crippen molar-refractivity contribution in [1.29, 1.82) is 10.8 Å². The lowest BCUT2D eigenvalue weighted by molar-refractivity contribution is 1.28. The molecule has 0 aliphatic heterocycles. The first kappa shape index (κ1) is 19.5. The van der Waals surface area contributed by atoms with Crippen LogP contribution in [0.1, 0.15) is 18.2 Å². The molecule has 0 radical (unpaired) electrons. The molecule has 1 heterocycles. The van der Waals surface area contributed by atoms with Gasteiger partial charge in [0.25, 0.3) is 0 Å². The van der Waals surface area contributed by atoms with Crippen molar-refractivity contribution in [3.05, 3.63) is 108 Å². The second kappa shape index (κ2) is 9.59. The Morgan fingerprint density at radius 1 is 1.08 bits per heavy atom. The minimum absolute atomic E-state index is 0.179. The summed E-state index contributed by atoms with van der Waals surface area (Å²) in [6.07, 6.45) is 9.00. The Balaban J connectivity index is 2.80. The number of nitrogens with zero attached hydrogens (tertiary/aromatic N) is 1. The summed E-state index contributed by atoms with van der Waals surface area (Å²) < 4.78 is 0.179. The first-order chi connectivity index (χ1) is 12.6. The molecule has 2 rings (SSSR count). The first-order valence-corrected chi connectivity index (χ1v) is 8.89. The Labute approximate surface area is 162 Å². The summed E-state index contributed by atoms with van der Waals surface area (Å²) in [5, 5.41) is 17.1. The number of nitrogens with one attached hydrogen (secondary N) is 2. The molecule has 1 aromatic carbocycles. The van der Waals surface area contributed by atoms with E-state index >= 15 is 0 Å². The van der Waals surface area contributed by atoms with Crippen LogP contribution in [0, 0.1) is 10.8 Å². The van der Waals surface area contributed by atoms with Gasteiger partial charge in [0.2, 0.25) is 0 Å². The van der Waals surface area contributed by atoms with E-state index in [9.17, 15) is 0 Å². The quantitative estimate of drug-likeness (QED) is 0.432. The van der Waals surface area contributed by atoms with Crippen LogP contribution in [0.3, 0.4) is 0 Å². The second-order valence-electron chi connectivity index (χ2n) is 5.36. The zero-order valence-electron chi connectivity index (χ0n) is 14.5. The van der Waals surface area contributed by atoms with Crippen LogP contribution in [0.5, 0.6) is 0 Å². The molecule has 2 N–H and O–H groups in total. The average molecular weight is 406 g/mol. The number of benzene rings is 1. The fourth-order valence-corrected chi connectivity index (χ4v) is 2.92. The minimum atomic E-state index is 0.179. The molecule has 2 aromatic rings. The Kier molecular flexibility index (Phi) is 7.18. The van der Waals surface area contributed by atoms with Gasteiger partial charge in [-0.3, -0.25) is 15.8 Å². The van der Waals surface area contributed by atoms with Crippen molar-refractivity contribution in [3.63, 3.8) is 0 Å². The second-order valence-corrected chi connectivity index (χ2v) is 6.15. The van der Waals surface area contributed by atoms with E-state index in [1.54, 1.807) is 12.3 Å². The van der Waals surface area contributed by atoms with Crippen molar-refractivity contribution in [2.24, 2.45) is 0 Å². The topological polar surface area (TPSA) is 60.6 Å². The van der Waals surface area contributed by atoms with E-state index in [-0.39, 0.29) is 4.62 Å². The molecule has 0 fully saturated rings. The number of hydrogen-bond donors (Lipinski definition) is 2. The highest BCUT2D eigenvalue weighted by Gasteiger charge is 2.20. The first-order valence-electron chi connectivity index (χ1n) is 8.10. The Hall–Kier alpha value is -2.85. The smallest absolute Gasteiger partial charge is 0.107 e. The van der Waals surface area contributed by atoms with E-state index in [0.717, 1.165) is 11.1 Å². The van der Waals surface area contributed by atoms with Gasteiger partial charge in [-0.25, -0.2) is 0 Å². The fraction of sp³-hybridized carbons (Fsp3) is 0.0455. The molecular weight excluding hydrogens is 386 g/mol. The number of pyridine rings is 1. The molecule has 26 heavy (non-hydrogen) atoms. The molecule has 1 aromatic heterocycles. The summed E-state index contributed by atoms with van der Waals surface area (Å²) in [4.78, 5) is 4.40. The van der Waals surface area contributed by atoms with Gasteiger partial charge in [0.05, 0.1) is 11.4 Å². The van der Waals surface area contributed by atoms with E-state index in [2.05, 4.69) is 27.5 Å². The molecule has 0 saturated heterocycles. The summed E-state index contributed by atoms with van der Waals surface area (Å²) in [6, 6.07) is 15.0. The molecule has 0 unspecified atom stereocenters. The van der Waals surface area contributed by atoms with Crippen LogP contribution in [0.4, 0.5) is 0 Å². The third-order valence-corrected chi connectivity index (χ3v) is 4.11. The Bertz CT molecular complexity index is 891. The maximum atomic E-state index is 8.83. The van der Waals surface area contributed by atoms with Crippen molar-refractivity contribution in [2.75, 3.05) is 0 Å². The monoisotopic (exact) mass is 405 g/mol. The predicted molar refractivity (Wildman–Crippen MR) is 114 cm³/mol. The number of halogens is 1. The highest BCUT2D eigenvalue weighted by Crippen LogP contribution is 2.29. The van der Waals surface area contributed by atoms with Gasteiger partial charge < -0.3 is 0 Å². The maximum absolute atomic E-state index is 8.83. The lowest BCUT2D eigenvalue weighted by Crippen LogP contribution is -2.11. The number of allylic oxidation sites excluding steroid dienone is 7. The van der Waals surface area contributed by atoms with E-state index < -0.39 is 0 Å². The molecular formula is C22H20BrN3. The highest BCUT2D eigenvalue weighted by molar-refractivity contribution is 9.18. The molecule has 0 bridgehead atoms. The van der Waals surface area contributed by atoms with Gasteiger partial charge in [-0.15, -0.1) is 0 Å². The van der Waals surface area contributed by atoms with Gasteiger partial charge in [-0.2, -0.15) is 0 Å². The minimum Gasteiger partial charge on any atom is -0.300 e. The molecule has 130 valence electrons. The molecule has 4 heteroatoms. The van der Waals surface area contributed by atoms with Gasteiger partial charge in [-0.1, -0.05) is 67.3 Å². The van der Waals surface area contributed by atoms with E-state index in [1.165, 1.54) is 0 Å². The SMILES string of the molecule is C=C\C=C/C(=C\C)C(/C(=N)c1ccccc1)=C(/C(=N)Br)c1ccccn1. The van der Waals surface area contributed by atoms with Gasteiger partial charge in [0.1, 0.15) is 4.62 Å². The summed E-state index contributed by atoms with van der Waals surface area (Å²) in [5.41, 5.74) is 3.77. The van der Waals surface area contributed by atoms with Crippen molar-refractivity contribution in [2.45, 2.75) is 6.92 Å². The van der Waals surface area contributed by atoms with Crippen molar-refractivity contribution < 1.29 is 0 Å². The van der Waals surface area contributed by atoms with Crippen LogP contribution in [-0.4, -0.2) is 15.3 Å². The number of hydrogen-bond acceptors (Lipinski definition) is 3. The van der Waals surface area contributed by atoms with Gasteiger partial charge in [0.15, 0.2) is 0 Å². The van der Waals surface area contributed by atoms with E-state index in [4.69, 9.17) is 10.8 Å². The van der Waals surface area contributed by atoms with Gasteiger partial charge in [-0.05, 0) is 40.6 Å². The highest BCUT2D eigenvalue weighted by atomic mass is 79.9. The molecule has 0 aliphatic rings. The molecule has 0 spiro atoms. The maximum Gasteiger partial charge on any atom is 0.107 e. The molecule has 0 saturated carbocycles. The third-order valence-electron chi connectivity index (χ3n) is 3.71. The lowest BCUT2D eigenvalue weighted by Gasteiger charge is -2.17. The van der Waals surface area contributed by atoms with Crippen LogP contribution in [0.25, 0.3) is 5.57 Å². The molecule has 0 atom stereocenters. The predicted octanol–water partition coefficient (Wildman–Crippen LogP) is 5.96.